The van der Waals surface area contributed by atoms with Crippen LogP contribution in [0, 0.1) is 5.92 Å². The van der Waals surface area contributed by atoms with E-state index in [-0.39, 0.29) is 6.10 Å². The number of hydrogen-bond acceptors (Lipinski definition) is 5. The number of benzene rings is 1. The molecule has 2 aliphatic rings. The van der Waals surface area contributed by atoms with Gasteiger partial charge in [-0.05, 0) is 39.5 Å². The molecule has 128 valence electrons. The second-order valence-corrected chi connectivity index (χ2v) is 7.44. The summed E-state index contributed by atoms with van der Waals surface area (Å²) in [5.41, 5.74) is 1.18. The fourth-order valence-corrected chi connectivity index (χ4v) is 3.69. The van der Waals surface area contributed by atoms with Crippen molar-refractivity contribution >= 4 is 15.9 Å². The van der Waals surface area contributed by atoms with Gasteiger partial charge in [-0.3, -0.25) is 4.90 Å². The third kappa shape index (κ3) is 4.59. The van der Waals surface area contributed by atoms with E-state index in [0.717, 1.165) is 55.3 Å². The number of ether oxygens (including phenoxy) is 3. The number of halogens is 1. The molecule has 0 aliphatic carbocycles. The standard InChI is InChI=1S/C17H25BrN2O3/c1-12(2)9-20-3-4-21-14(10-20)8-19-7-13-5-15(18)17-16(6-13)22-11-23-17/h5-6,12,14,19H,3-4,7-11H2,1-2H3. The summed E-state index contributed by atoms with van der Waals surface area (Å²) in [7, 11) is 0. The summed E-state index contributed by atoms with van der Waals surface area (Å²) >= 11 is 3.53. The zero-order valence-corrected chi connectivity index (χ0v) is 15.4. The van der Waals surface area contributed by atoms with Gasteiger partial charge in [-0.1, -0.05) is 13.8 Å². The van der Waals surface area contributed by atoms with Gasteiger partial charge in [0.2, 0.25) is 6.79 Å². The maximum atomic E-state index is 5.87. The van der Waals surface area contributed by atoms with Gasteiger partial charge in [-0.25, -0.2) is 0 Å². The molecule has 0 aromatic heterocycles. The summed E-state index contributed by atoms with van der Waals surface area (Å²) in [5.74, 6) is 2.31. The van der Waals surface area contributed by atoms with E-state index in [1.807, 2.05) is 6.07 Å². The van der Waals surface area contributed by atoms with Crippen LogP contribution in [0.25, 0.3) is 0 Å². The SMILES string of the molecule is CC(C)CN1CCOC(CNCc2cc(Br)c3c(c2)OCO3)C1. The first-order valence-electron chi connectivity index (χ1n) is 8.24. The molecule has 0 radical (unpaired) electrons. The molecule has 1 saturated heterocycles. The second kappa shape index (κ2) is 7.83. The zero-order chi connectivity index (χ0) is 16.2. The van der Waals surface area contributed by atoms with Crippen LogP contribution in [0.2, 0.25) is 0 Å². The van der Waals surface area contributed by atoms with Gasteiger partial charge >= 0.3 is 0 Å². The van der Waals surface area contributed by atoms with Crippen LogP contribution in [0.1, 0.15) is 19.4 Å². The Labute approximate surface area is 146 Å². The van der Waals surface area contributed by atoms with Crippen LogP contribution in [0.5, 0.6) is 11.5 Å². The van der Waals surface area contributed by atoms with Crippen LogP contribution in [0.3, 0.4) is 0 Å². The number of rotatable bonds is 6. The van der Waals surface area contributed by atoms with Gasteiger partial charge in [-0.2, -0.15) is 0 Å². The number of fused-ring (bicyclic) bond motifs is 1. The lowest BCUT2D eigenvalue weighted by molar-refractivity contribution is -0.0303. The largest absolute Gasteiger partial charge is 0.454 e. The molecule has 1 unspecified atom stereocenters. The summed E-state index contributed by atoms with van der Waals surface area (Å²) in [5, 5.41) is 3.49. The summed E-state index contributed by atoms with van der Waals surface area (Å²) in [4.78, 5) is 2.50. The topological polar surface area (TPSA) is 43.0 Å². The summed E-state index contributed by atoms with van der Waals surface area (Å²) in [6, 6.07) is 4.11. The lowest BCUT2D eigenvalue weighted by atomic mass is 10.1. The number of hydrogen-bond donors (Lipinski definition) is 1. The summed E-state index contributed by atoms with van der Waals surface area (Å²) < 4.78 is 17.7. The van der Waals surface area contributed by atoms with Crippen LogP contribution in [-0.2, 0) is 11.3 Å². The molecule has 0 saturated carbocycles. The lowest BCUT2D eigenvalue weighted by Crippen LogP contribution is -2.47. The molecule has 1 N–H and O–H groups in total. The van der Waals surface area contributed by atoms with E-state index < -0.39 is 0 Å². The van der Waals surface area contributed by atoms with Crippen molar-refractivity contribution in [2.24, 2.45) is 5.92 Å². The van der Waals surface area contributed by atoms with Crippen molar-refractivity contribution in [2.45, 2.75) is 26.5 Å². The van der Waals surface area contributed by atoms with E-state index in [1.54, 1.807) is 0 Å². The molecular formula is C17H25BrN2O3. The van der Waals surface area contributed by atoms with Crippen LogP contribution in [-0.4, -0.2) is 50.6 Å². The predicted molar refractivity (Wildman–Crippen MR) is 93.0 cm³/mol. The second-order valence-electron chi connectivity index (χ2n) is 6.59. The van der Waals surface area contributed by atoms with Crippen molar-refractivity contribution in [2.75, 3.05) is 39.6 Å². The van der Waals surface area contributed by atoms with Gasteiger partial charge in [0, 0.05) is 32.7 Å². The lowest BCUT2D eigenvalue weighted by Gasteiger charge is -2.34. The molecular weight excluding hydrogens is 360 g/mol. The molecule has 3 rings (SSSR count). The van der Waals surface area contributed by atoms with Crippen molar-refractivity contribution in [3.8, 4) is 11.5 Å². The minimum absolute atomic E-state index is 0.264. The highest BCUT2D eigenvalue weighted by atomic mass is 79.9. The van der Waals surface area contributed by atoms with Gasteiger partial charge in [0.1, 0.15) is 0 Å². The Bertz CT molecular complexity index is 539. The monoisotopic (exact) mass is 384 g/mol. The fourth-order valence-electron chi connectivity index (χ4n) is 3.09. The normalized spacial score (nSPS) is 21.1. The zero-order valence-electron chi connectivity index (χ0n) is 13.8. The van der Waals surface area contributed by atoms with Crippen molar-refractivity contribution in [3.63, 3.8) is 0 Å². The number of morpholine rings is 1. The smallest absolute Gasteiger partial charge is 0.231 e. The van der Waals surface area contributed by atoms with Gasteiger partial charge in [0.05, 0.1) is 17.2 Å². The predicted octanol–water partition coefficient (Wildman–Crippen LogP) is 2.62. The Balaban J connectivity index is 1.47. The van der Waals surface area contributed by atoms with E-state index >= 15 is 0 Å². The quantitative estimate of drug-likeness (QED) is 0.816. The maximum Gasteiger partial charge on any atom is 0.231 e. The molecule has 5 nitrogen and oxygen atoms in total. The molecule has 2 aliphatic heterocycles. The average molecular weight is 385 g/mol. The first-order valence-corrected chi connectivity index (χ1v) is 9.04. The first-order chi connectivity index (χ1) is 11.1. The fraction of sp³-hybridized carbons (Fsp3) is 0.647. The minimum Gasteiger partial charge on any atom is -0.454 e. The van der Waals surface area contributed by atoms with Crippen LogP contribution >= 0.6 is 15.9 Å². The van der Waals surface area contributed by atoms with Gasteiger partial charge in [0.25, 0.3) is 0 Å². The minimum atomic E-state index is 0.264. The molecule has 1 fully saturated rings. The Kier molecular flexibility index (Phi) is 5.80. The van der Waals surface area contributed by atoms with Gasteiger partial charge in [0.15, 0.2) is 11.5 Å². The molecule has 1 aromatic rings. The maximum absolute atomic E-state index is 5.87. The molecule has 0 spiro atoms. The van der Waals surface area contributed by atoms with Crippen LogP contribution in [0.4, 0.5) is 0 Å². The van der Waals surface area contributed by atoms with Crippen LogP contribution in [0.15, 0.2) is 16.6 Å². The van der Waals surface area contributed by atoms with Crippen molar-refractivity contribution in [1.29, 1.82) is 0 Å². The highest BCUT2D eigenvalue weighted by molar-refractivity contribution is 9.10. The van der Waals surface area contributed by atoms with E-state index in [4.69, 9.17) is 14.2 Å². The molecule has 6 heteroatoms. The number of nitrogens with zero attached hydrogens (tertiary/aromatic N) is 1. The van der Waals surface area contributed by atoms with Crippen molar-refractivity contribution in [3.05, 3.63) is 22.2 Å². The number of nitrogens with one attached hydrogen (secondary N) is 1. The third-order valence-electron chi connectivity index (χ3n) is 4.03. The van der Waals surface area contributed by atoms with Gasteiger partial charge in [-0.15, -0.1) is 0 Å². The van der Waals surface area contributed by atoms with Crippen molar-refractivity contribution in [1.82, 2.24) is 10.2 Å². The Morgan fingerprint density at radius 1 is 1.35 bits per heavy atom. The van der Waals surface area contributed by atoms with E-state index in [0.29, 0.717) is 12.7 Å². The van der Waals surface area contributed by atoms with Crippen LogP contribution < -0.4 is 14.8 Å². The van der Waals surface area contributed by atoms with Crippen molar-refractivity contribution < 1.29 is 14.2 Å². The molecule has 1 aromatic carbocycles. The van der Waals surface area contributed by atoms with E-state index in [9.17, 15) is 0 Å². The Hall–Kier alpha value is -0.820. The highest BCUT2D eigenvalue weighted by Gasteiger charge is 2.21. The highest BCUT2D eigenvalue weighted by Crippen LogP contribution is 2.39. The molecule has 2 heterocycles. The van der Waals surface area contributed by atoms with E-state index in [2.05, 4.69) is 46.1 Å². The Morgan fingerprint density at radius 3 is 3.04 bits per heavy atom. The molecule has 0 amide bonds. The summed E-state index contributed by atoms with van der Waals surface area (Å²) in [6.07, 6.45) is 0.264. The third-order valence-corrected chi connectivity index (χ3v) is 4.62. The molecule has 23 heavy (non-hydrogen) atoms. The Morgan fingerprint density at radius 2 is 2.22 bits per heavy atom. The molecule has 1 atom stereocenters. The summed E-state index contributed by atoms with van der Waals surface area (Å²) in [6.45, 7) is 10.5. The first kappa shape index (κ1) is 17.0. The average Bonchev–Trinajstić information content (AvgIpc) is 2.96. The van der Waals surface area contributed by atoms with Gasteiger partial charge < -0.3 is 19.5 Å². The van der Waals surface area contributed by atoms with E-state index in [1.165, 1.54) is 5.56 Å². The molecule has 0 bridgehead atoms.